The van der Waals surface area contributed by atoms with Crippen molar-refractivity contribution < 1.29 is 29.5 Å². The Morgan fingerprint density at radius 2 is 1.00 bits per heavy atom. The predicted molar refractivity (Wildman–Crippen MR) is 73.8 cm³/mol. The van der Waals surface area contributed by atoms with Gasteiger partial charge in [0.25, 0.3) is 17.1 Å². The van der Waals surface area contributed by atoms with Gasteiger partial charge in [0, 0.05) is 0 Å². The van der Waals surface area contributed by atoms with Gasteiger partial charge in [0.2, 0.25) is 6.42 Å². The van der Waals surface area contributed by atoms with E-state index in [1.807, 2.05) is 0 Å². The second-order valence-corrected chi connectivity index (χ2v) is 4.46. The molecule has 0 spiro atoms. The Hall–Kier alpha value is -4.38. The molecule has 0 saturated heterocycles. The first-order valence-corrected chi connectivity index (χ1v) is 5.89. The minimum Gasteiger partial charge on any atom is -0.258 e. The molecule has 0 N–H and O–H groups in total. The van der Waals surface area contributed by atoms with E-state index in [1.165, 1.54) is 0 Å². The Balaban J connectivity index is 3.90. The first-order valence-electron chi connectivity index (χ1n) is 5.89. The van der Waals surface area contributed by atoms with E-state index in [0.717, 1.165) is 0 Å². The van der Waals surface area contributed by atoms with Crippen LogP contribution < -0.4 is 0 Å². The van der Waals surface area contributed by atoms with Gasteiger partial charge in [-0.05, 0) is 0 Å². The molecular weight excluding hydrogens is 372 g/mol. The SMILES string of the molecule is O=[N+]([O-])c1cc([N+](=O)[O-])c(CC([N+](=O)[O-])([N+](=O)[O-])[N+](=O)[O-])c([N+](=O)[O-])c1. The number of rotatable bonds is 8. The lowest BCUT2D eigenvalue weighted by molar-refractivity contribution is -0.969. The molecule has 0 aliphatic carbocycles. The molecule has 0 unspecified atom stereocenters. The zero-order chi connectivity index (χ0) is 20.4. The average molecular weight is 376 g/mol. The van der Waals surface area contributed by atoms with E-state index >= 15 is 0 Å². The predicted octanol–water partition coefficient (Wildman–Crippen LogP) is 0.438. The van der Waals surface area contributed by atoms with E-state index in [4.69, 9.17) is 0 Å². The lowest BCUT2D eigenvalue weighted by atomic mass is 10.0. The van der Waals surface area contributed by atoms with Gasteiger partial charge in [-0.3, -0.25) is 60.7 Å². The molecule has 138 valence electrons. The Kier molecular flexibility index (Phi) is 5.01. The van der Waals surface area contributed by atoms with Crippen LogP contribution in [0, 0.1) is 60.7 Å². The molecule has 0 radical (unpaired) electrons. The van der Waals surface area contributed by atoms with Gasteiger partial charge in [-0.15, -0.1) is 0 Å². The third-order valence-corrected chi connectivity index (χ3v) is 3.08. The molecule has 0 aromatic heterocycles. The van der Waals surface area contributed by atoms with Crippen molar-refractivity contribution in [2.24, 2.45) is 0 Å². The first-order chi connectivity index (χ1) is 11.9. The van der Waals surface area contributed by atoms with Gasteiger partial charge < -0.3 is 0 Å². The van der Waals surface area contributed by atoms with Gasteiger partial charge in [-0.2, -0.15) is 0 Å². The normalized spacial score (nSPS) is 10.8. The van der Waals surface area contributed by atoms with Crippen molar-refractivity contribution >= 4 is 17.1 Å². The average Bonchev–Trinajstić information content (AvgIpc) is 2.50. The van der Waals surface area contributed by atoms with Crippen LogP contribution in [0.15, 0.2) is 12.1 Å². The largest absolute Gasteiger partial charge is 0.704 e. The maximum atomic E-state index is 11.0. The number of nitro groups is 6. The van der Waals surface area contributed by atoms with E-state index in [2.05, 4.69) is 0 Å². The first kappa shape index (κ1) is 19.7. The lowest BCUT2D eigenvalue weighted by Gasteiger charge is -2.09. The zero-order valence-corrected chi connectivity index (χ0v) is 11.9. The van der Waals surface area contributed by atoms with Gasteiger partial charge in [-0.1, -0.05) is 0 Å². The summed E-state index contributed by atoms with van der Waals surface area (Å²) in [6.07, 6.45) is -2.00. The summed E-state index contributed by atoms with van der Waals surface area (Å²) >= 11 is 0. The molecule has 0 atom stereocenters. The molecule has 0 aliphatic rings. The monoisotopic (exact) mass is 376 g/mol. The second kappa shape index (κ2) is 6.62. The van der Waals surface area contributed by atoms with Crippen LogP contribution in [-0.4, -0.2) is 35.3 Å². The number of non-ortho nitro benzene ring substituents is 1. The van der Waals surface area contributed by atoms with E-state index in [0.29, 0.717) is 0 Å². The van der Waals surface area contributed by atoms with Gasteiger partial charge in [-0.25, -0.2) is 0 Å². The quantitative estimate of drug-likeness (QED) is 0.339. The molecular formula is C8H4N6O12. The Morgan fingerprint density at radius 3 is 1.23 bits per heavy atom. The third kappa shape index (κ3) is 3.13. The molecule has 0 fully saturated rings. The summed E-state index contributed by atoms with van der Waals surface area (Å²) in [5, 5.41) is 65.5. The fourth-order valence-corrected chi connectivity index (χ4v) is 1.87. The fourth-order valence-electron chi connectivity index (χ4n) is 1.87. The minimum absolute atomic E-state index is 0.146. The molecule has 0 heterocycles. The molecule has 0 amide bonds. The van der Waals surface area contributed by atoms with Crippen molar-refractivity contribution in [2.45, 2.75) is 12.2 Å². The second-order valence-electron chi connectivity index (χ2n) is 4.46. The van der Waals surface area contributed by atoms with Gasteiger partial charge in [0.05, 0.1) is 26.9 Å². The molecule has 1 aromatic rings. The van der Waals surface area contributed by atoms with Crippen LogP contribution in [0.3, 0.4) is 0 Å². The van der Waals surface area contributed by atoms with Crippen LogP contribution >= 0.6 is 0 Å². The Bertz CT molecular complexity index is 792. The third-order valence-electron chi connectivity index (χ3n) is 3.08. The van der Waals surface area contributed by atoms with Crippen LogP contribution in [0.4, 0.5) is 17.1 Å². The van der Waals surface area contributed by atoms with Crippen molar-refractivity contribution in [3.63, 3.8) is 0 Å². The highest BCUT2D eigenvalue weighted by Gasteiger charge is 2.71. The molecule has 0 bridgehead atoms. The molecule has 0 aliphatic heterocycles. The highest BCUT2D eigenvalue weighted by molar-refractivity contribution is 5.61. The smallest absolute Gasteiger partial charge is 0.258 e. The van der Waals surface area contributed by atoms with Crippen LogP contribution in [0.5, 0.6) is 0 Å². The summed E-state index contributed by atoms with van der Waals surface area (Å²) in [7, 11) is 0. The van der Waals surface area contributed by atoms with Gasteiger partial charge in [0.1, 0.15) is 5.56 Å². The topological polar surface area (TPSA) is 259 Å². The number of hydrogen-bond acceptors (Lipinski definition) is 12. The van der Waals surface area contributed by atoms with E-state index in [-0.39, 0.29) is 12.1 Å². The summed E-state index contributed by atoms with van der Waals surface area (Å²) in [6.45, 7) is 0. The van der Waals surface area contributed by atoms with Crippen LogP contribution in [0.2, 0.25) is 0 Å². The Labute approximate surface area is 138 Å². The van der Waals surface area contributed by atoms with Crippen molar-refractivity contribution in [3.8, 4) is 0 Å². The van der Waals surface area contributed by atoms with E-state index in [1.54, 1.807) is 0 Å². The van der Waals surface area contributed by atoms with E-state index in [9.17, 15) is 60.7 Å². The highest BCUT2D eigenvalue weighted by Crippen LogP contribution is 2.37. The van der Waals surface area contributed by atoms with Crippen molar-refractivity contribution in [1.82, 2.24) is 0 Å². The molecule has 18 heteroatoms. The van der Waals surface area contributed by atoms with Gasteiger partial charge >= 0.3 is 5.79 Å². The molecule has 26 heavy (non-hydrogen) atoms. The van der Waals surface area contributed by atoms with Crippen molar-refractivity contribution in [1.29, 1.82) is 0 Å². The molecule has 1 rings (SSSR count). The molecule has 1 aromatic carbocycles. The highest BCUT2D eigenvalue weighted by atomic mass is 16.7. The number of nitro benzene ring substituents is 3. The maximum absolute atomic E-state index is 11.0. The standard InChI is InChI=1S/C8H4N6O12/c15-9(16)4-1-6(10(17)18)5(7(2-4)11(19)20)3-8(12(21)22,13(23)24)14(25)26/h1-2H,3H2. The lowest BCUT2D eigenvalue weighted by Crippen LogP contribution is -2.55. The van der Waals surface area contributed by atoms with Crippen molar-refractivity contribution in [3.05, 3.63) is 78.4 Å². The fraction of sp³-hybridized carbons (Fsp3) is 0.250. The molecule has 0 saturated carbocycles. The summed E-state index contributed by atoms with van der Waals surface area (Å²) in [4.78, 5) is 55.4. The Morgan fingerprint density at radius 1 is 0.654 bits per heavy atom. The van der Waals surface area contributed by atoms with Crippen LogP contribution in [0.1, 0.15) is 5.56 Å². The van der Waals surface area contributed by atoms with Crippen LogP contribution in [0.25, 0.3) is 0 Å². The molecule has 18 nitrogen and oxygen atoms in total. The van der Waals surface area contributed by atoms with Crippen LogP contribution in [-0.2, 0) is 6.42 Å². The number of benzene rings is 1. The van der Waals surface area contributed by atoms with Crippen molar-refractivity contribution in [2.75, 3.05) is 0 Å². The summed E-state index contributed by atoms with van der Waals surface area (Å²) < 4.78 is 0. The summed E-state index contributed by atoms with van der Waals surface area (Å²) in [5.41, 5.74) is -5.52. The number of hydrogen-bond donors (Lipinski definition) is 0. The summed E-state index contributed by atoms with van der Waals surface area (Å²) in [6, 6.07) is 0.292. The zero-order valence-electron chi connectivity index (χ0n) is 11.9. The van der Waals surface area contributed by atoms with E-state index < -0.39 is 64.4 Å². The van der Waals surface area contributed by atoms with Gasteiger partial charge in [0.15, 0.2) is 14.8 Å². The number of nitrogens with zero attached hydrogens (tertiary/aromatic N) is 6. The maximum Gasteiger partial charge on any atom is 0.704 e. The minimum atomic E-state index is -4.27. The summed E-state index contributed by atoms with van der Waals surface area (Å²) in [5.74, 6) is -4.27.